The van der Waals surface area contributed by atoms with Gasteiger partial charge in [0.25, 0.3) is 5.91 Å². The van der Waals surface area contributed by atoms with E-state index in [-0.39, 0.29) is 27.8 Å². The minimum atomic E-state index is -1.05. The molecule has 0 fully saturated rings. The molecule has 2 heterocycles. The van der Waals surface area contributed by atoms with Crippen LogP contribution in [-0.2, 0) is 5.41 Å². The van der Waals surface area contributed by atoms with Crippen LogP contribution in [0.2, 0.25) is 5.15 Å². The van der Waals surface area contributed by atoms with Gasteiger partial charge in [0.2, 0.25) is 5.71 Å². The summed E-state index contributed by atoms with van der Waals surface area (Å²) in [6.07, 6.45) is 0. The Hall–Kier alpha value is -3.71. The first-order chi connectivity index (χ1) is 16.0. The van der Waals surface area contributed by atoms with Gasteiger partial charge in [-0.2, -0.15) is 0 Å². The number of carbonyl (C=O) groups excluding carboxylic acids is 1. The van der Waals surface area contributed by atoms with Crippen LogP contribution >= 0.6 is 11.6 Å². The van der Waals surface area contributed by atoms with E-state index in [1.54, 1.807) is 24.3 Å². The fourth-order valence-corrected chi connectivity index (χ4v) is 4.34. The number of rotatable bonds is 4. The second-order valence-electron chi connectivity index (χ2n) is 8.85. The summed E-state index contributed by atoms with van der Waals surface area (Å²) in [5.41, 5.74) is 2.15. The van der Waals surface area contributed by atoms with Crippen LogP contribution in [0, 0.1) is 5.82 Å². The molecule has 1 amide bonds. The van der Waals surface area contributed by atoms with Crippen molar-refractivity contribution < 1.29 is 23.5 Å². The number of nitrogens with one attached hydrogen (secondary N) is 1. The lowest BCUT2D eigenvalue weighted by atomic mass is 9.79. The summed E-state index contributed by atoms with van der Waals surface area (Å²) in [4.78, 5) is 29.2. The standard InChI is InChI=1S/C26H22ClFN2O4/c1-26(2,3)20-15(6-5-7-16(20)25(32)33)17-12-18-19(23(31)29-4)21(34-24(18)30-22(17)27)13-8-10-14(28)11-9-13/h5-12H,1-4H3,(H,29,31)(H,32,33). The highest BCUT2D eigenvalue weighted by atomic mass is 35.5. The third kappa shape index (κ3) is 4.03. The van der Waals surface area contributed by atoms with Crippen LogP contribution in [0.3, 0.4) is 0 Å². The average molecular weight is 481 g/mol. The van der Waals surface area contributed by atoms with Crippen LogP contribution in [0.5, 0.6) is 0 Å². The Bertz CT molecular complexity index is 1440. The molecular formula is C26H22ClFN2O4. The zero-order valence-corrected chi connectivity index (χ0v) is 19.7. The number of pyridine rings is 1. The zero-order valence-electron chi connectivity index (χ0n) is 19.0. The predicted octanol–water partition coefficient (Wildman–Crippen LogP) is 6.31. The number of benzene rings is 2. The second kappa shape index (κ2) is 8.57. The van der Waals surface area contributed by atoms with Crippen LogP contribution < -0.4 is 5.32 Å². The molecule has 6 nitrogen and oxygen atoms in total. The molecule has 34 heavy (non-hydrogen) atoms. The highest BCUT2D eigenvalue weighted by Gasteiger charge is 2.29. The molecule has 0 aliphatic carbocycles. The Morgan fingerprint density at radius 2 is 1.76 bits per heavy atom. The number of furan rings is 1. The van der Waals surface area contributed by atoms with Gasteiger partial charge in [-0.1, -0.05) is 44.5 Å². The molecule has 4 rings (SSSR count). The minimum Gasteiger partial charge on any atom is -0.478 e. The van der Waals surface area contributed by atoms with Crippen molar-refractivity contribution in [3.63, 3.8) is 0 Å². The van der Waals surface area contributed by atoms with Crippen LogP contribution in [0.1, 0.15) is 47.1 Å². The van der Waals surface area contributed by atoms with E-state index in [1.807, 2.05) is 20.8 Å². The quantitative estimate of drug-likeness (QED) is 0.334. The lowest BCUT2D eigenvalue weighted by Crippen LogP contribution is -2.19. The molecule has 0 spiro atoms. The van der Waals surface area contributed by atoms with Crippen molar-refractivity contribution in [2.75, 3.05) is 7.05 Å². The predicted molar refractivity (Wildman–Crippen MR) is 129 cm³/mol. The Balaban J connectivity index is 2.06. The molecule has 0 radical (unpaired) electrons. The molecule has 0 bridgehead atoms. The molecule has 8 heteroatoms. The summed E-state index contributed by atoms with van der Waals surface area (Å²) >= 11 is 6.56. The first-order valence-corrected chi connectivity index (χ1v) is 10.9. The first kappa shape index (κ1) is 23.4. The number of hydrogen-bond donors (Lipinski definition) is 2. The van der Waals surface area contributed by atoms with Crippen molar-refractivity contribution in [1.29, 1.82) is 0 Å². The normalized spacial score (nSPS) is 11.6. The van der Waals surface area contributed by atoms with E-state index in [4.69, 9.17) is 16.0 Å². The maximum atomic E-state index is 13.5. The zero-order chi connectivity index (χ0) is 24.8. The molecule has 0 unspecified atom stereocenters. The minimum absolute atomic E-state index is 0.100. The van der Waals surface area contributed by atoms with Gasteiger partial charge in [0, 0.05) is 18.2 Å². The van der Waals surface area contributed by atoms with E-state index >= 15 is 0 Å². The number of aromatic carboxylic acids is 1. The van der Waals surface area contributed by atoms with E-state index < -0.39 is 23.1 Å². The number of hydrogen-bond acceptors (Lipinski definition) is 4. The summed E-state index contributed by atoms with van der Waals surface area (Å²) in [6.45, 7) is 5.75. The SMILES string of the molecule is CNC(=O)c1c(-c2ccc(F)cc2)oc2nc(Cl)c(-c3cccc(C(=O)O)c3C(C)(C)C)cc12. The van der Waals surface area contributed by atoms with Gasteiger partial charge in [-0.3, -0.25) is 4.79 Å². The molecule has 0 atom stereocenters. The molecule has 0 aliphatic heterocycles. The van der Waals surface area contributed by atoms with Crippen molar-refractivity contribution in [3.8, 4) is 22.5 Å². The lowest BCUT2D eigenvalue weighted by molar-refractivity contribution is 0.0694. The molecule has 2 N–H and O–H groups in total. The van der Waals surface area contributed by atoms with Crippen molar-refractivity contribution in [2.24, 2.45) is 0 Å². The van der Waals surface area contributed by atoms with Gasteiger partial charge in [0.05, 0.1) is 16.5 Å². The summed E-state index contributed by atoms with van der Waals surface area (Å²) < 4.78 is 19.4. The van der Waals surface area contributed by atoms with Crippen molar-refractivity contribution in [2.45, 2.75) is 26.2 Å². The van der Waals surface area contributed by atoms with Gasteiger partial charge in [-0.15, -0.1) is 0 Å². The van der Waals surface area contributed by atoms with Crippen LogP contribution in [0.4, 0.5) is 4.39 Å². The third-order valence-electron chi connectivity index (χ3n) is 5.53. The summed E-state index contributed by atoms with van der Waals surface area (Å²) in [5, 5.41) is 12.9. The Labute approximate surface area is 200 Å². The first-order valence-electron chi connectivity index (χ1n) is 10.5. The van der Waals surface area contributed by atoms with E-state index in [0.717, 1.165) is 0 Å². The Morgan fingerprint density at radius 3 is 2.35 bits per heavy atom. The molecule has 2 aromatic carbocycles. The maximum Gasteiger partial charge on any atom is 0.336 e. The smallest absolute Gasteiger partial charge is 0.336 e. The van der Waals surface area contributed by atoms with E-state index in [1.165, 1.54) is 31.3 Å². The van der Waals surface area contributed by atoms with Gasteiger partial charge >= 0.3 is 5.97 Å². The molecular weight excluding hydrogens is 459 g/mol. The van der Waals surface area contributed by atoms with Crippen LogP contribution in [-0.4, -0.2) is 29.0 Å². The third-order valence-corrected chi connectivity index (χ3v) is 5.82. The van der Waals surface area contributed by atoms with Gasteiger partial charge < -0.3 is 14.8 Å². The average Bonchev–Trinajstić information content (AvgIpc) is 3.15. The number of halogens is 2. The number of carbonyl (C=O) groups is 2. The number of aromatic nitrogens is 1. The van der Waals surface area contributed by atoms with Crippen LogP contribution in [0.15, 0.2) is 52.9 Å². The molecule has 4 aromatic rings. The summed E-state index contributed by atoms with van der Waals surface area (Å²) in [6, 6.07) is 12.2. The highest BCUT2D eigenvalue weighted by molar-refractivity contribution is 6.33. The maximum absolute atomic E-state index is 13.5. The van der Waals surface area contributed by atoms with Gasteiger partial charge in [0.15, 0.2) is 0 Å². The fraction of sp³-hybridized carbons (Fsp3) is 0.192. The summed E-state index contributed by atoms with van der Waals surface area (Å²) in [5.74, 6) is -1.66. The number of nitrogens with zero attached hydrogens (tertiary/aromatic N) is 1. The van der Waals surface area contributed by atoms with Crippen molar-refractivity contribution in [1.82, 2.24) is 10.3 Å². The van der Waals surface area contributed by atoms with Gasteiger partial charge in [0.1, 0.15) is 16.7 Å². The lowest BCUT2D eigenvalue weighted by Gasteiger charge is -2.25. The van der Waals surface area contributed by atoms with E-state index in [2.05, 4.69) is 10.3 Å². The number of amides is 1. The molecule has 174 valence electrons. The second-order valence-corrected chi connectivity index (χ2v) is 9.21. The van der Waals surface area contributed by atoms with Crippen molar-refractivity contribution >= 4 is 34.6 Å². The largest absolute Gasteiger partial charge is 0.478 e. The van der Waals surface area contributed by atoms with Crippen molar-refractivity contribution in [3.05, 3.63) is 76.2 Å². The van der Waals surface area contributed by atoms with Gasteiger partial charge in [-0.05, 0) is 52.9 Å². The molecule has 0 saturated heterocycles. The fourth-order valence-electron chi connectivity index (χ4n) is 4.11. The van der Waals surface area contributed by atoms with E-state index in [0.29, 0.717) is 27.6 Å². The molecule has 2 aromatic heterocycles. The molecule has 0 aliphatic rings. The number of fused-ring (bicyclic) bond motifs is 1. The molecule has 0 saturated carbocycles. The monoisotopic (exact) mass is 480 g/mol. The number of carboxylic acids is 1. The summed E-state index contributed by atoms with van der Waals surface area (Å²) in [7, 11) is 1.49. The Kier molecular flexibility index (Phi) is 5.91. The van der Waals surface area contributed by atoms with Crippen LogP contribution in [0.25, 0.3) is 33.6 Å². The van der Waals surface area contributed by atoms with Gasteiger partial charge in [-0.25, -0.2) is 14.2 Å². The number of carboxylic acid groups (broad SMARTS) is 1. The Morgan fingerprint density at radius 1 is 1.09 bits per heavy atom. The highest BCUT2D eigenvalue weighted by Crippen LogP contribution is 2.41. The van der Waals surface area contributed by atoms with E-state index in [9.17, 15) is 19.1 Å². The topological polar surface area (TPSA) is 92.4 Å².